The van der Waals surface area contributed by atoms with Gasteiger partial charge in [-0.1, -0.05) is 6.07 Å². The van der Waals surface area contributed by atoms with Crippen LogP contribution in [0.2, 0.25) is 0 Å². The van der Waals surface area contributed by atoms with E-state index in [9.17, 15) is 9.18 Å². The summed E-state index contributed by atoms with van der Waals surface area (Å²) in [6, 6.07) is 12.2. The number of aromatic nitrogens is 5. The number of aliphatic hydroxyl groups is 1. The van der Waals surface area contributed by atoms with Gasteiger partial charge in [0.1, 0.15) is 5.82 Å². The van der Waals surface area contributed by atoms with Crippen LogP contribution in [0.3, 0.4) is 0 Å². The molecule has 1 aliphatic rings. The molecule has 0 unspecified atom stereocenters. The predicted molar refractivity (Wildman–Crippen MR) is 120 cm³/mol. The summed E-state index contributed by atoms with van der Waals surface area (Å²) >= 11 is 0. The summed E-state index contributed by atoms with van der Waals surface area (Å²) in [5, 5.41) is 20.8. The number of halogens is 1. The molecule has 0 bridgehead atoms. The SMILES string of the molecule is Cc1cccc(-n2nc(C(=O)NC3CC3)cc2-c2ccc(F)c(-c3cnn(CCO)c3)c2)n1. The average Bonchev–Trinajstić information content (AvgIpc) is 3.31. The van der Waals surface area contributed by atoms with Gasteiger partial charge >= 0.3 is 0 Å². The number of rotatable bonds is 7. The van der Waals surface area contributed by atoms with Crippen molar-refractivity contribution < 1.29 is 14.3 Å². The number of aryl methyl sites for hydroxylation is 1. The second kappa shape index (κ2) is 8.59. The lowest BCUT2D eigenvalue weighted by atomic mass is 10.0. The van der Waals surface area contributed by atoms with Gasteiger partial charge in [-0.15, -0.1) is 0 Å². The van der Waals surface area contributed by atoms with E-state index in [0.717, 1.165) is 18.5 Å². The zero-order chi connectivity index (χ0) is 22.9. The molecule has 9 heteroatoms. The Hall–Kier alpha value is -3.85. The second-order valence-corrected chi connectivity index (χ2v) is 8.12. The maximum absolute atomic E-state index is 14.7. The van der Waals surface area contributed by atoms with Crippen molar-refractivity contribution in [1.82, 2.24) is 29.9 Å². The molecule has 1 saturated carbocycles. The Morgan fingerprint density at radius 1 is 1.21 bits per heavy atom. The van der Waals surface area contributed by atoms with E-state index < -0.39 is 5.82 Å². The minimum Gasteiger partial charge on any atom is -0.394 e. The summed E-state index contributed by atoms with van der Waals surface area (Å²) in [5.74, 6) is -0.0661. The Kier molecular flexibility index (Phi) is 5.47. The molecule has 3 heterocycles. The lowest BCUT2D eigenvalue weighted by molar-refractivity contribution is 0.0945. The number of carbonyl (C=O) groups is 1. The molecule has 5 rings (SSSR count). The summed E-state index contributed by atoms with van der Waals surface area (Å²) in [4.78, 5) is 17.3. The van der Waals surface area contributed by atoms with Crippen molar-refractivity contribution in [2.45, 2.75) is 32.4 Å². The van der Waals surface area contributed by atoms with Crippen molar-refractivity contribution in [2.24, 2.45) is 0 Å². The van der Waals surface area contributed by atoms with Crippen LogP contribution >= 0.6 is 0 Å². The lowest BCUT2D eigenvalue weighted by Gasteiger charge is -2.09. The van der Waals surface area contributed by atoms with Gasteiger partial charge < -0.3 is 10.4 Å². The van der Waals surface area contributed by atoms with Crippen molar-refractivity contribution in [1.29, 1.82) is 0 Å². The summed E-state index contributed by atoms with van der Waals surface area (Å²) in [6.45, 7) is 2.15. The predicted octanol–water partition coefficient (Wildman–Crippen LogP) is 3.13. The Morgan fingerprint density at radius 3 is 2.82 bits per heavy atom. The van der Waals surface area contributed by atoms with Crippen LogP contribution in [-0.4, -0.2) is 48.2 Å². The minimum absolute atomic E-state index is 0.0575. The lowest BCUT2D eigenvalue weighted by Crippen LogP contribution is -2.25. The van der Waals surface area contributed by atoms with Crippen molar-refractivity contribution >= 4 is 5.91 Å². The maximum Gasteiger partial charge on any atom is 0.272 e. The third kappa shape index (κ3) is 4.40. The molecule has 4 aromatic rings. The highest BCUT2D eigenvalue weighted by Crippen LogP contribution is 2.30. The number of nitrogens with zero attached hydrogens (tertiary/aromatic N) is 5. The van der Waals surface area contributed by atoms with Crippen LogP contribution < -0.4 is 5.32 Å². The normalized spacial score (nSPS) is 13.3. The zero-order valence-corrected chi connectivity index (χ0v) is 18.1. The molecular weight excluding hydrogens is 423 g/mol. The topological polar surface area (TPSA) is 97.9 Å². The molecule has 168 valence electrons. The first-order valence-corrected chi connectivity index (χ1v) is 10.8. The monoisotopic (exact) mass is 446 g/mol. The maximum atomic E-state index is 14.7. The second-order valence-electron chi connectivity index (χ2n) is 8.12. The molecule has 0 spiro atoms. The Bertz CT molecular complexity index is 1320. The van der Waals surface area contributed by atoms with E-state index in [1.807, 2.05) is 25.1 Å². The van der Waals surface area contributed by atoms with Crippen LogP contribution in [0.25, 0.3) is 28.2 Å². The molecule has 0 aliphatic heterocycles. The minimum atomic E-state index is -0.395. The fraction of sp³-hybridized carbons (Fsp3) is 0.250. The van der Waals surface area contributed by atoms with E-state index in [0.29, 0.717) is 34.7 Å². The van der Waals surface area contributed by atoms with Crippen molar-refractivity contribution in [3.05, 3.63) is 72.1 Å². The summed E-state index contributed by atoms with van der Waals surface area (Å²) in [6.07, 6.45) is 5.20. The summed E-state index contributed by atoms with van der Waals surface area (Å²) in [5.41, 5.74) is 3.36. The standard InChI is InChI=1S/C24H23FN6O2/c1-15-3-2-4-23(27-15)31-22(12-21(29-31)24(33)28-18-6-7-18)16-5-8-20(25)19(11-16)17-13-26-30(14-17)9-10-32/h2-5,8,11-14,18,32H,6-7,9-10H2,1H3,(H,28,33). The highest BCUT2D eigenvalue weighted by molar-refractivity contribution is 5.94. The van der Waals surface area contributed by atoms with Crippen LogP contribution in [-0.2, 0) is 6.54 Å². The highest BCUT2D eigenvalue weighted by atomic mass is 19.1. The van der Waals surface area contributed by atoms with E-state index in [4.69, 9.17) is 5.11 Å². The summed E-state index contributed by atoms with van der Waals surface area (Å²) < 4.78 is 17.9. The van der Waals surface area contributed by atoms with E-state index in [-0.39, 0.29) is 24.2 Å². The smallest absolute Gasteiger partial charge is 0.272 e. The first kappa shape index (κ1) is 21.0. The zero-order valence-electron chi connectivity index (χ0n) is 18.1. The van der Waals surface area contributed by atoms with Crippen LogP contribution in [0.4, 0.5) is 4.39 Å². The van der Waals surface area contributed by atoms with Gasteiger partial charge in [0, 0.05) is 34.6 Å². The largest absolute Gasteiger partial charge is 0.394 e. The van der Waals surface area contributed by atoms with Crippen molar-refractivity contribution in [3.8, 4) is 28.2 Å². The third-order valence-corrected chi connectivity index (χ3v) is 5.48. The van der Waals surface area contributed by atoms with E-state index in [1.165, 1.54) is 6.07 Å². The van der Waals surface area contributed by atoms with Gasteiger partial charge in [0.15, 0.2) is 11.5 Å². The van der Waals surface area contributed by atoms with E-state index >= 15 is 0 Å². The van der Waals surface area contributed by atoms with Gasteiger partial charge in [-0.2, -0.15) is 10.2 Å². The first-order valence-electron chi connectivity index (χ1n) is 10.8. The Labute approximate surface area is 189 Å². The van der Waals surface area contributed by atoms with Gasteiger partial charge in [0.25, 0.3) is 5.91 Å². The number of carbonyl (C=O) groups excluding carboxylic acids is 1. The molecule has 2 N–H and O–H groups in total. The molecule has 33 heavy (non-hydrogen) atoms. The van der Waals surface area contributed by atoms with Crippen LogP contribution in [0.15, 0.2) is 54.9 Å². The van der Waals surface area contributed by atoms with Crippen LogP contribution in [0.5, 0.6) is 0 Å². The number of pyridine rings is 1. The molecule has 1 fully saturated rings. The molecule has 8 nitrogen and oxygen atoms in total. The highest BCUT2D eigenvalue weighted by Gasteiger charge is 2.26. The van der Waals surface area contributed by atoms with Gasteiger partial charge in [0.2, 0.25) is 0 Å². The number of hydrogen-bond donors (Lipinski definition) is 2. The number of aliphatic hydroxyl groups excluding tert-OH is 1. The van der Waals surface area contributed by atoms with Crippen LogP contribution in [0.1, 0.15) is 29.0 Å². The van der Waals surface area contributed by atoms with E-state index in [2.05, 4.69) is 20.5 Å². The van der Waals surface area contributed by atoms with Gasteiger partial charge in [-0.3, -0.25) is 9.48 Å². The van der Waals surface area contributed by atoms with Crippen molar-refractivity contribution in [3.63, 3.8) is 0 Å². The number of amides is 1. The molecule has 0 radical (unpaired) electrons. The molecule has 0 atom stereocenters. The van der Waals surface area contributed by atoms with Crippen molar-refractivity contribution in [2.75, 3.05) is 6.61 Å². The summed E-state index contributed by atoms with van der Waals surface area (Å²) in [7, 11) is 0. The van der Waals surface area contributed by atoms with E-state index in [1.54, 1.807) is 40.0 Å². The quantitative estimate of drug-likeness (QED) is 0.455. The molecule has 3 aromatic heterocycles. The molecule has 1 amide bonds. The number of hydrogen-bond acceptors (Lipinski definition) is 5. The first-order chi connectivity index (χ1) is 16.0. The Balaban J connectivity index is 1.59. The van der Waals surface area contributed by atoms with Gasteiger partial charge in [-0.25, -0.2) is 14.1 Å². The van der Waals surface area contributed by atoms with Gasteiger partial charge in [-0.05, 0) is 56.2 Å². The Morgan fingerprint density at radius 2 is 2.06 bits per heavy atom. The molecule has 1 aromatic carbocycles. The molecule has 1 aliphatic carbocycles. The third-order valence-electron chi connectivity index (χ3n) is 5.48. The fourth-order valence-corrected chi connectivity index (χ4v) is 3.64. The van der Waals surface area contributed by atoms with Crippen LogP contribution in [0, 0.1) is 12.7 Å². The molecular formula is C24H23FN6O2. The molecule has 0 saturated heterocycles. The van der Waals surface area contributed by atoms with Gasteiger partial charge in [0.05, 0.1) is 25.0 Å². The fourth-order valence-electron chi connectivity index (χ4n) is 3.64. The number of benzene rings is 1. The number of nitrogens with one attached hydrogen (secondary N) is 1. The average molecular weight is 446 g/mol.